The Balaban J connectivity index is 1.42. The molecule has 188 valence electrons. The molecule has 1 unspecified atom stereocenters. The van der Waals surface area contributed by atoms with E-state index in [2.05, 4.69) is 11.8 Å². The lowest BCUT2D eigenvalue weighted by Gasteiger charge is -2.38. The molecule has 5 nitrogen and oxygen atoms in total. The first-order valence-corrected chi connectivity index (χ1v) is 12.2. The predicted molar refractivity (Wildman–Crippen MR) is 134 cm³/mol. The van der Waals surface area contributed by atoms with Crippen LogP contribution in [0, 0.1) is 17.6 Å². The van der Waals surface area contributed by atoms with E-state index in [1.165, 1.54) is 18.6 Å². The van der Waals surface area contributed by atoms with Crippen LogP contribution in [0.15, 0.2) is 54.6 Å². The zero-order valence-electron chi connectivity index (χ0n) is 20.3. The lowest BCUT2D eigenvalue weighted by atomic mass is 9.86. The van der Waals surface area contributed by atoms with Gasteiger partial charge >= 0.3 is 0 Å². The molecule has 2 aliphatic rings. The van der Waals surface area contributed by atoms with Crippen LogP contribution in [0.2, 0.25) is 0 Å². The van der Waals surface area contributed by atoms with Crippen molar-refractivity contribution in [3.63, 3.8) is 0 Å². The largest absolute Gasteiger partial charge is 0.508 e. The van der Waals surface area contributed by atoms with Crippen molar-refractivity contribution in [2.24, 2.45) is 5.92 Å². The summed E-state index contributed by atoms with van der Waals surface area (Å²) in [6, 6.07) is 14.5. The SMILES string of the molecule is CCC1CN(CCOc2ccc(C3Oc4ccc(O)cc4C(C)=C3c3cc(O)c(F)c(F)c3)cc2)C1. The van der Waals surface area contributed by atoms with Crippen LogP contribution >= 0.6 is 0 Å². The van der Waals surface area contributed by atoms with Crippen molar-refractivity contribution in [2.75, 3.05) is 26.2 Å². The number of phenolic OH excluding ortho intramolecular Hbond substituents is 2. The maximum atomic E-state index is 14.3. The van der Waals surface area contributed by atoms with Crippen LogP contribution in [-0.4, -0.2) is 41.4 Å². The molecular weight excluding hydrogens is 464 g/mol. The molecular formula is C29H29F2NO4. The highest BCUT2D eigenvalue weighted by atomic mass is 19.2. The molecule has 0 radical (unpaired) electrons. The number of likely N-dealkylation sites (tertiary alicyclic amines) is 1. The number of fused-ring (bicyclic) bond motifs is 1. The van der Waals surface area contributed by atoms with E-state index in [1.807, 2.05) is 31.2 Å². The minimum atomic E-state index is -1.30. The predicted octanol–water partition coefficient (Wildman–Crippen LogP) is 6.16. The molecule has 0 spiro atoms. The molecule has 2 heterocycles. The van der Waals surface area contributed by atoms with Crippen LogP contribution < -0.4 is 9.47 Å². The third-order valence-corrected chi connectivity index (χ3v) is 7.07. The summed E-state index contributed by atoms with van der Waals surface area (Å²) in [6.07, 6.45) is 0.570. The highest BCUT2D eigenvalue weighted by Gasteiger charge is 2.31. The van der Waals surface area contributed by atoms with Crippen LogP contribution in [0.1, 0.15) is 43.1 Å². The number of nitrogens with zero attached hydrogens (tertiary/aromatic N) is 1. The lowest BCUT2D eigenvalue weighted by molar-refractivity contribution is 0.0806. The number of halogens is 2. The van der Waals surface area contributed by atoms with Gasteiger partial charge in [0.15, 0.2) is 17.4 Å². The highest BCUT2D eigenvalue weighted by molar-refractivity contribution is 5.96. The zero-order chi connectivity index (χ0) is 25.4. The molecule has 7 heteroatoms. The maximum Gasteiger partial charge on any atom is 0.200 e. The van der Waals surface area contributed by atoms with E-state index in [0.717, 1.165) is 48.5 Å². The van der Waals surface area contributed by atoms with Gasteiger partial charge in [0.25, 0.3) is 0 Å². The van der Waals surface area contributed by atoms with Crippen LogP contribution in [0.25, 0.3) is 11.1 Å². The monoisotopic (exact) mass is 493 g/mol. The van der Waals surface area contributed by atoms with Crippen molar-refractivity contribution in [3.8, 4) is 23.0 Å². The summed E-state index contributed by atoms with van der Waals surface area (Å²) in [4.78, 5) is 2.38. The van der Waals surface area contributed by atoms with Gasteiger partial charge in [-0.15, -0.1) is 0 Å². The quantitative estimate of drug-likeness (QED) is 0.413. The Hall–Kier alpha value is -3.58. The average Bonchev–Trinajstić information content (AvgIpc) is 2.84. The Bertz CT molecular complexity index is 1280. The summed E-state index contributed by atoms with van der Waals surface area (Å²) >= 11 is 0. The third kappa shape index (κ3) is 4.63. The summed E-state index contributed by atoms with van der Waals surface area (Å²) in [6.45, 7) is 7.80. The van der Waals surface area contributed by atoms with Crippen molar-refractivity contribution in [1.82, 2.24) is 4.90 Å². The first kappa shape index (κ1) is 24.1. The van der Waals surface area contributed by atoms with Gasteiger partial charge in [0.2, 0.25) is 0 Å². The molecule has 1 saturated heterocycles. The normalized spacial score (nSPS) is 17.9. The molecule has 3 aromatic rings. The van der Waals surface area contributed by atoms with Crippen molar-refractivity contribution >= 4 is 11.1 Å². The molecule has 2 aliphatic heterocycles. The van der Waals surface area contributed by atoms with Gasteiger partial charge in [-0.2, -0.15) is 4.39 Å². The Labute approximate surface area is 209 Å². The molecule has 3 aromatic carbocycles. The van der Waals surface area contributed by atoms with Gasteiger partial charge in [0.05, 0.1) is 0 Å². The van der Waals surface area contributed by atoms with E-state index in [0.29, 0.717) is 29.1 Å². The molecule has 0 bridgehead atoms. The lowest BCUT2D eigenvalue weighted by Crippen LogP contribution is -2.47. The molecule has 1 atom stereocenters. The second-order valence-corrected chi connectivity index (χ2v) is 9.46. The Kier molecular flexibility index (Phi) is 6.58. The van der Waals surface area contributed by atoms with Gasteiger partial charge in [-0.1, -0.05) is 25.5 Å². The van der Waals surface area contributed by atoms with Crippen LogP contribution in [0.5, 0.6) is 23.0 Å². The fourth-order valence-electron chi connectivity index (χ4n) is 4.92. The number of rotatable bonds is 7. The van der Waals surface area contributed by atoms with Gasteiger partial charge in [-0.3, -0.25) is 4.90 Å². The van der Waals surface area contributed by atoms with Crippen LogP contribution in [0.4, 0.5) is 8.78 Å². The van der Waals surface area contributed by atoms with E-state index in [-0.39, 0.29) is 5.75 Å². The van der Waals surface area contributed by atoms with Crippen molar-refractivity contribution < 1.29 is 28.5 Å². The molecule has 36 heavy (non-hydrogen) atoms. The van der Waals surface area contributed by atoms with E-state index >= 15 is 0 Å². The summed E-state index contributed by atoms with van der Waals surface area (Å²) in [5.41, 5.74) is 3.01. The molecule has 0 saturated carbocycles. The van der Waals surface area contributed by atoms with Crippen LogP contribution in [0.3, 0.4) is 0 Å². The highest BCUT2D eigenvalue weighted by Crippen LogP contribution is 2.48. The summed E-state index contributed by atoms with van der Waals surface area (Å²) < 4.78 is 40.3. The number of hydrogen-bond donors (Lipinski definition) is 2. The van der Waals surface area contributed by atoms with Gasteiger partial charge < -0.3 is 19.7 Å². The fraction of sp³-hybridized carbons (Fsp3) is 0.310. The number of ether oxygens (including phenoxy) is 2. The topological polar surface area (TPSA) is 62.2 Å². The minimum Gasteiger partial charge on any atom is -0.508 e. The van der Waals surface area contributed by atoms with Gasteiger partial charge in [0, 0.05) is 30.8 Å². The van der Waals surface area contributed by atoms with Crippen molar-refractivity contribution in [1.29, 1.82) is 0 Å². The van der Waals surface area contributed by atoms with E-state index in [1.54, 1.807) is 12.1 Å². The Morgan fingerprint density at radius 2 is 1.78 bits per heavy atom. The maximum absolute atomic E-state index is 14.3. The number of allylic oxidation sites excluding steroid dienone is 1. The molecule has 2 N–H and O–H groups in total. The number of benzene rings is 3. The van der Waals surface area contributed by atoms with E-state index in [9.17, 15) is 19.0 Å². The first-order valence-electron chi connectivity index (χ1n) is 12.2. The molecule has 1 fully saturated rings. The molecule has 0 aromatic heterocycles. The second kappa shape index (κ2) is 9.82. The molecule has 0 aliphatic carbocycles. The zero-order valence-corrected chi connectivity index (χ0v) is 20.3. The molecule has 0 amide bonds. The van der Waals surface area contributed by atoms with Crippen molar-refractivity contribution in [2.45, 2.75) is 26.4 Å². The first-order chi connectivity index (χ1) is 17.3. The number of aromatic hydroxyl groups is 2. The van der Waals surface area contributed by atoms with Gasteiger partial charge in [0.1, 0.15) is 30.0 Å². The van der Waals surface area contributed by atoms with E-state index < -0.39 is 23.5 Å². The van der Waals surface area contributed by atoms with Gasteiger partial charge in [-0.05, 0) is 72.0 Å². The third-order valence-electron chi connectivity index (χ3n) is 7.07. The average molecular weight is 494 g/mol. The fourth-order valence-corrected chi connectivity index (χ4v) is 4.92. The van der Waals surface area contributed by atoms with E-state index in [4.69, 9.17) is 9.47 Å². The number of phenols is 2. The van der Waals surface area contributed by atoms with Crippen LogP contribution in [-0.2, 0) is 0 Å². The van der Waals surface area contributed by atoms with Gasteiger partial charge in [-0.25, -0.2) is 4.39 Å². The standard InChI is InChI=1S/C29H29F2NO4/c1-3-18-15-32(16-18)10-11-35-22-7-4-19(5-8-22)29-27(20-12-24(30)28(31)25(34)13-20)17(2)23-14-21(33)6-9-26(23)36-29/h4-9,12-14,18,29,33-34H,3,10-11,15-16H2,1-2H3. The van der Waals surface area contributed by atoms with Crippen molar-refractivity contribution in [3.05, 3.63) is 82.9 Å². The summed E-state index contributed by atoms with van der Waals surface area (Å²) in [5.74, 6) is -1.06. The summed E-state index contributed by atoms with van der Waals surface area (Å²) in [5, 5.41) is 20.0. The Morgan fingerprint density at radius 1 is 1.03 bits per heavy atom. The summed E-state index contributed by atoms with van der Waals surface area (Å²) in [7, 11) is 0. The minimum absolute atomic E-state index is 0.0626. The second-order valence-electron chi connectivity index (χ2n) is 9.46. The number of hydrogen-bond acceptors (Lipinski definition) is 5. The smallest absolute Gasteiger partial charge is 0.200 e. The Morgan fingerprint density at radius 3 is 2.47 bits per heavy atom. The molecule has 5 rings (SSSR count).